The highest BCUT2D eigenvalue weighted by Gasteiger charge is 2.21. The van der Waals surface area contributed by atoms with Crippen molar-refractivity contribution in [2.24, 2.45) is 0 Å². The fourth-order valence-electron chi connectivity index (χ4n) is 2.28. The Labute approximate surface area is 144 Å². The molecule has 1 aromatic heterocycles. The molecule has 0 fully saturated rings. The van der Waals surface area contributed by atoms with Gasteiger partial charge in [0.05, 0.1) is 11.3 Å². The van der Waals surface area contributed by atoms with E-state index < -0.39 is 0 Å². The van der Waals surface area contributed by atoms with Crippen LogP contribution in [0.2, 0.25) is 0 Å². The number of ether oxygens (including phenoxy) is 2. The molecule has 0 saturated heterocycles. The molecule has 0 unspecified atom stereocenters. The Hall–Kier alpha value is -2.54. The number of nitrogens with zero attached hydrogens (tertiary/aromatic N) is 3. The van der Waals surface area contributed by atoms with Crippen LogP contribution in [0.5, 0.6) is 11.5 Å². The molecular formula is C17H17N3O3S. The number of rotatable bonds is 5. The fraction of sp³-hybridized carbons (Fsp3) is 0.235. The molecule has 1 aromatic carbocycles. The maximum Gasteiger partial charge on any atom is 0.231 e. The number of Topliss-reactive ketones (excluding diaryl/α,β-unsaturated/α-hetero) is 1. The molecule has 0 atom stereocenters. The molecule has 1 aliphatic heterocycles. The summed E-state index contributed by atoms with van der Waals surface area (Å²) in [5, 5.41) is 0.621. The summed E-state index contributed by atoms with van der Waals surface area (Å²) in [5.41, 5.74) is 1.61. The van der Waals surface area contributed by atoms with Gasteiger partial charge in [-0.2, -0.15) is 0 Å². The second-order valence-electron chi connectivity index (χ2n) is 5.33. The van der Waals surface area contributed by atoms with E-state index in [1.54, 1.807) is 36.7 Å². The van der Waals surface area contributed by atoms with Crippen molar-refractivity contribution in [3.8, 4) is 11.5 Å². The minimum atomic E-state index is -0.132. The summed E-state index contributed by atoms with van der Waals surface area (Å²) in [5.74, 6) is 1.10. The number of hydrogen-bond donors (Lipinski definition) is 0. The average Bonchev–Trinajstić information content (AvgIpc) is 3.06. The Bertz CT molecular complexity index is 805. The summed E-state index contributed by atoms with van der Waals surface area (Å²) >= 11 is 1.43. The Kier molecular flexibility index (Phi) is 4.71. The van der Waals surface area contributed by atoms with Gasteiger partial charge in [-0.1, -0.05) is 11.8 Å². The predicted molar refractivity (Wildman–Crippen MR) is 92.4 cm³/mol. The number of benzene rings is 1. The smallest absolute Gasteiger partial charge is 0.231 e. The quantitative estimate of drug-likeness (QED) is 0.358. The molecule has 124 valence electrons. The van der Waals surface area contributed by atoms with Gasteiger partial charge in [0.2, 0.25) is 6.79 Å². The first-order valence-electron chi connectivity index (χ1n) is 7.28. The third-order valence-corrected chi connectivity index (χ3v) is 3.92. The number of ketones is 1. The molecule has 0 aliphatic carbocycles. The average molecular weight is 343 g/mol. The zero-order chi connectivity index (χ0) is 17.1. The largest absolute Gasteiger partial charge is 0.454 e. The highest BCUT2D eigenvalue weighted by atomic mass is 32.2. The van der Waals surface area contributed by atoms with Crippen molar-refractivity contribution in [3.05, 3.63) is 47.9 Å². The van der Waals surface area contributed by atoms with Crippen LogP contribution in [-0.4, -0.2) is 47.8 Å². The fourth-order valence-corrected chi connectivity index (χ4v) is 2.64. The first kappa shape index (κ1) is 16.3. The van der Waals surface area contributed by atoms with Crippen LogP contribution in [0, 0.1) is 0 Å². The maximum atomic E-state index is 13.0. The van der Waals surface area contributed by atoms with E-state index in [4.69, 9.17) is 9.47 Å². The van der Waals surface area contributed by atoms with Gasteiger partial charge >= 0.3 is 0 Å². The van der Waals surface area contributed by atoms with Crippen LogP contribution in [0.1, 0.15) is 16.1 Å². The van der Waals surface area contributed by atoms with Crippen LogP contribution in [0.15, 0.2) is 41.8 Å². The summed E-state index contributed by atoms with van der Waals surface area (Å²) in [6, 6.07) is 6.91. The van der Waals surface area contributed by atoms with Gasteiger partial charge in [0.1, 0.15) is 0 Å². The van der Waals surface area contributed by atoms with Crippen molar-refractivity contribution < 1.29 is 14.3 Å². The van der Waals surface area contributed by atoms with Gasteiger partial charge in [-0.15, -0.1) is 0 Å². The third-order valence-electron chi connectivity index (χ3n) is 3.36. The van der Waals surface area contributed by atoms with Crippen molar-refractivity contribution in [1.29, 1.82) is 0 Å². The molecule has 7 heteroatoms. The van der Waals surface area contributed by atoms with Gasteiger partial charge in [0.15, 0.2) is 22.4 Å². The highest BCUT2D eigenvalue weighted by molar-refractivity contribution is 7.98. The van der Waals surface area contributed by atoms with Crippen LogP contribution in [0.3, 0.4) is 0 Å². The van der Waals surface area contributed by atoms with E-state index in [9.17, 15) is 4.79 Å². The summed E-state index contributed by atoms with van der Waals surface area (Å²) < 4.78 is 10.7. The molecule has 0 radical (unpaired) electrons. The molecule has 0 bridgehead atoms. The number of fused-ring (bicyclic) bond motifs is 1. The van der Waals surface area contributed by atoms with Gasteiger partial charge < -0.3 is 14.4 Å². The van der Waals surface area contributed by atoms with Gasteiger partial charge in [-0.3, -0.25) is 4.79 Å². The number of carbonyl (C=O) groups is 1. The molecule has 3 rings (SSSR count). The topological polar surface area (TPSA) is 64.6 Å². The summed E-state index contributed by atoms with van der Waals surface area (Å²) in [6.07, 6.45) is 5.32. The molecule has 0 amide bonds. The van der Waals surface area contributed by atoms with Crippen LogP contribution in [0.4, 0.5) is 0 Å². The molecular weight excluding hydrogens is 326 g/mol. The lowest BCUT2D eigenvalue weighted by Gasteiger charge is -2.12. The van der Waals surface area contributed by atoms with Gasteiger partial charge in [0.25, 0.3) is 0 Å². The molecule has 6 nitrogen and oxygen atoms in total. The number of thioether (sulfide) groups is 1. The minimum absolute atomic E-state index is 0.132. The number of carbonyl (C=O) groups excluding carboxylic acids is 1. The summed E-state index contributed by atoms with van der Waals surface area (Å²) in [7, 11) is 3.73. The van der Waals surface area contributed by atoms with Gasteiger partial charge in [0, 0.05) is 32.1 Å². The normalized spacial score (nSPS) is 13.0. The lowest BCUT2D eigenvalue weighted by molar-refractivity contribution is 0.105. The minimum Gasteiger partial charge on any atom is -0.454 e. The van der Waals surface area contributed by atoms with Crippen molar-refractivity contribution in [2.75, 3.05) is 27.1 Å². The molecule has 1 aliphatic rings. The van der Waals surface area contributed by atoms with Crippen molar-refractivity contribution >= 4 is 23.1 Å². The van der Waals surface area contributed by atoms with Crippen molar-refractivity contribution in [3.63, 3.8) is 0 Å². The Morgan fingerprint density at radius 3 is 2.79 bits per heavy atom. The van der Waals surface area contributed by atoms with E-state index in [1.807, 2.05) is 25.3 Å². The molecule has 2 aromatic rings. The second-order valence-corrected chi connectivity index (χ2v) is 6.11. The third kappa shape index (κ3) is 3.35. The van der Waals surface area contributed by atoms with Gasteiger partial charge in [-0.05, 0) is 30.5 Å². The summed E-state index contributed by atoms with van der Waals surface area (Å²) in [6.45, 7) is 0.177. The van der Waals surface area contributed by atoms with Crippen LogP contribution >= 0.6 is 11.8 Å². The second kappa shape index (κ2) is 6.92. The zero-order valence-electron chi connectivity index (χ0n) is 13.6. The van der Waals surface area contributed by atoms with Crippen LogP contribution in [0.25, 0.3) is 5.57 Å². The number of allylic oxidation sites excluding steroid dienone is 1. The maximum absolute atomic E-state index is 13.0. The highest BCUT2D eigenvalue weighted by Crippen LogP contribution is 2.33. The predicted octanol–water partition coefficient (Wildman–Crippen LogP) is 2.71. The SMILES string of the molecule is CSc1nccc(/C(=C/N(C)C)C(=O)c2ccc3c(c2)OCO3)n1. The molecule has 2 heterocycles. The first-order valence-corrected chi connectivity index (χ1v) is 8.51. The Morgan fingerprint density at radius 1 is 1.25 bits per heavy atom. The molecule has 0 spiro atoms. The van der Waals surface area contributed by atoms with Crippen LogP contribution in [-0.2, 0) is 0 Å². The van der Waals surface area contributed by atoms with E-state index in [-0.39, 0.29) is 12.6 Å². The van der Waals surface area contributed by atoms with E-state index in [2.05, 4.69) is 9.97 Å². The number of hydrogen-bond acceptors (Lipinski definition) is 7. The Morgan fingerprint density at radius 2 is 2.04 bits per heavy atom. The lowest BCUT2D eigenvalue weighted by atomic mass is 10.0. The van der Waals surface area contributed by atoms with Crippen molar-refractivity contribution in [2.45, 2.75) is 5.16 Å². The molecule has 24 heavy (non-hydrogen) atoms. The molecule has 0 saturated carbocycles. The number of aromatic nitrogens is 2. The van der Waals surface area contributed by atoms with Crippen molar-refractivity contribution in [1.82, 2.24) is 14.9 Å². The lowest BCUT2D eigenvalue weighted by Crippen LogP contribution is -2.11. The Balaban J connectivity index is 2.01. The standard InChI is InChI=1S/C17H17N3O3S/c1-20(2)9-12(13-6-7-18-17(19-13)24-3)16(21)11-4-5-14-15(8-11)23-10-22-14/h4-9H,10H2,1-3H3/b12-9-. The van der Waals surface area contributed by atoms with E-state index >= 15 is 0 Å². The van der Waals surface area contributed by atoms with E-state index in [0.29, 0.717) is 33.5 Å². The summed E-state index contributed by atoms with van der Waals surface area (Å²) in [4.78, 5) is 23.4. The van der Waals surface area contributed by atoms with E-state index in [1.165, 1.54) is 11.8 Å². The van der Waals surface area contributed by atoms with Crippen LogP contribution < -0.4 is 9.47 Å². The van der Waals surface area contributed by atoms with Gasteiger partial charge in [-0.25, -0.2) is 9.97 Å². The first-order chi connectivity index (χ1) is 11.6. The monoisotopic (exact) mass is 343 g/mol. The molecule has 0 N–H and O–H groups in total. The van der Waals surface area contributed by atoms with E-state index in [0.717, 1.165) is 0 Å². The zero-order valence-corrected chi connectivity index (χ0v) is 14.5.